The molecule has 1 aliphatic carbocycles. The Kier molecular flexibility index (Phi) is 4.23. The van der Waals surface area contributed by atoms with E-state index in [2.05, 4.69) is 12.2 Å². The molecular formula is C15H22FNO. The van der Waals surface area contributed by atoms with Crippen LogP contribution < -0.4 is 5.32 Å². The molecule has 1 atom stereocenters. The standard InChI is InChI=1S/C15H22FNO/c1-10-3-5-12(6-4-10)17-11(2)14-8-7-13(18)9-15(14)16/h7-12,17-18H,3-6H2,1-2H3. The van der Waals surface area contributed by atoms with Gasteiger partial charge in [-0.2, -0.15) is 0 Å². The molecule has 1 unspecified atom stereocenters. The molecule has 1 aliphatic rings. The summed E-state index contributed by atoms with van der Waals surface area (Å²) in [6.07, 6.45) is 4.85. The molecule has 0 saturated heterocycles. The molecule has 0 amide bonds. The molecule has 0 aliphatic heterocycles. The lowest BCUT2D eigenvalue weighted by Gasteiger charge is -2.30. The molecular weight excluding hydrogens is 229 g/mol. The van der Waals surface area contributed by atoms with Crippen LogP contribution in [0.1, 0.15) is 51.1 Å². The zero-order valence-electron chi connectivity index (χ0n) is 11.1. The van der Waals surface area contributed by atoms with Gasteiger partial charge < -0.3 is 10.4 Å². The average Bonchev–Trinajstić information content (AvgIpc) is 2.32. The van der Waals surface area contributed by atoms with Crippen molar-refractivity contribution in [1.29, 1.82) is 0 Å². The highest BCUT2D eigenvalue weighted by atomic mass is 19.1. The van der Waals surface area contributed by atoms with Gasteiger partial charge in [-0.25, -0.2) is 4.39 Å². The smallest absolute Gasteiger partial charge is 0.131 e. The van der Waals surface area contributed by atoms with Crippen LogP contribution in [-0.4, -0.2) is 11.1 Å². The Morgan fingerprint density at radius 2 is 1.94 bits per heavy atom. The van der Waals surface area contributed by atoms with Crippen molar-refractivity contribution in [2.24, 2.45) is 5.92 Å². The first kappa shape index (κ1) is 13.3. The van der Waals surface area contributed by atoms with E-state index in [9.17, 15) is 9.50 Å². The number of phenols is 1. The van der Waals surface area contributed by atoms with E-state index >= 15 is 0 Å². The molecule has 18 heavy (non-hydrogen) atoms. The topological polar surface area (TPSA) is 32.3 Å². The summed E-state index contributed by atoms with van der Waals surface area (Å²) in [7, 11) is 0. The zero-order valence-corrected chi connectivity index (χ0v) is 11.1. The first-order chi connectivity index (χ1) is 8.56. The molecule has 0 bridgehead atoms. The zero-order chi connectivity index (χ0) is 13.1. The van der Waals surface area contributed by atoms with E-state index in [1.165, 1.54) is 31.7 Å². The molecule has 100 valence electrons. The number of hydrogen-bond donors (Lipinski definition) is 2. The van der Waals surface area contributed by atoms with Crippen LogP contribution in [0.15, 0.2) is 18.2 Å². The van der Waals surface area contributed by atoms with Crippen molar-refractivity contribution in [3.05, 3.63) is 29.6 Å². The number of hydrogen-bond acceptors (Lipinski definition) is 2. The lowest BCUT2D eigenvalue weighted by atomic mass is 9.87. The molecule has 3 heteroatoms. The highest BCUT2D eigenvalue weighted by Gasteiger charge is 2.21. The number of halogens is 1. The normalized spacial score (nSPS) is 25.9. The summed E-state index contributed by atoms with van der Waals surface area (Å²) in [5, 5.41) is 12.7. The molecule has 0 spiro atoms. The summed E-state index contributed by atoms with van der Waals surface area (Å²) in [6, 6.07) is 4.86. The SMILES string of the molecule is CC1CCC(NC(C)c2ccc(O)cc2F)CC1. The van der Waals surface area contributed by atoms with E-state index in [-0.39, 0.29) is 17.6 Å². The number of phenolic OH excluding ortho intramolecular Hbond substituents is 1. The van der Waals surface area contributed by atoms with E-state index in [1.54, 1.807) is 12.1 Å². The maximum absolute atomic E-state index is 13.7. The molecule has 2 rings (SSSR count). The van der Waals surface area contributed by atoms with Gasteiger partial charge >= 0.3 is 0 Å². The second-order valence-electron chi connectivity index (χ2n) is 5.55. The Bertz CT molecular complexity index is 399. The van der Waals surface area contributed by atoms with Crippen LogP contribution >= 0.6 is 0 Å². The predicted octanol–water partition coefficient (Wildman–Crippen LogP) is 3.76. The first-order valence-electron chi connectivity index (χ1n) is 6.80. The lowest BCUT2D eigenvalue weighted by Crippen LogP contribution is -2.34. The number of nitrogens with one attached hydrogen (secondary N) is 1. The Labute approximate surface area is 108 Å². The van der Waals surface area contributed by atoms with Crippen molar-refractivity contribution in [2.45, 2.75) is 51.6 Å². The van der Waals surface area contributed by atoms with Gasteiger partial charge in [0.2, 0.25) is 0 Å². The fraction of sp³-hybridized carbons (Fsp3) is 0.600. The summed E-state index contributed by atoms with van der Waals surface area (Å²) in [4.78, 5) is 0. The van der Waals surface area contributed by atoms with Crippen LogP contribution in [0.4, 0.5) is 4.39 Å². The van der Waals surface area contributed by atoms with Gasteiger partial charge in [0.15, 0.2) is 0 Å². The van der Waals surface area contributed by atoms with E-state index in [1.807, 2.05) is 6.92 Å². The molecule has 1 aromatic carbocycles. The van der Waals surface area contributed by atoms with Gasteiger partial charge in [0.1, 0.15) is 11.6 Å². The second kappa shape index (κ2) is 5.70. The van der Waals surface area contributed by atoms with Gasteiger partial charge in [-0.05, 0) is 44.6 Å². The molecule has 1 aromatic rings. The monoisotopic (exact) mass is 251 g/mol. The Hall–Kier alpha value is -1.09. The second-order valence-corrected chi connectivity index (χ2v) is 5.55. The fourth-order valence-electron chi connectivity index (χ4n) is 2.74. The van der Waals surface area contributed by atoms with Gasteiger partial charge in [-0.1, -0.05) is 13.0 Å². The lowest BCUT2D eigenvalue weighted by molar-refractivity contribution is 0.290. The summed E-state index contributed by atoms with van der Waals surface area (Å²) in [5.41, 5.74) is 0.631. The minimum absolute atomic E-state index is 0.0102. The van der Waals surface area contributed by atoms with Crippen molar-refractivity contribution in [1.82, 2.24) is 5.32 Å². The number of benzene rings is 1. The van der Waals surface area contributed by atoms with Crippen molar-refractivity contribution >= 4 is 0 Å². The Morgan fingerprint density at radius 1 is 1.28 bits per heavy atom. The minimum Gasteiger partial charge on any atom is -0.508 e. The predicted molar refractivity (Wildman–Crippen MR) is 71.0 cm³/mol. The van der Waals surface area contributed by atoms with Crippen LogP contribution in [0, 0.1) is 11.7 Å². The number of rotatable bonds is 3. The van der Waals surface area contributed by atoms with Gasteiger partial charge in [0.25, 0.3) is 0 Å². The third-order valence-corrected chi connectivity index (χ3v) is 3.95. The third kappa shape index (κ3) is 3.22. The molecule has 1 fully saturated rings. The summed E-state index contributed by atoms with van der Waals surface area (Å²) in [6.45, 7) is 4.27. The summed E-state index contributed by atoms with van der Waals surface area (Å²) >= 11 is 0. The average molecular weight is 251 g/mol. The maximum atomic E-state index is 13.7. The molecule has 2 nitrogen and oxygen atoms in total. The van der Waals surface area contributed by atoms with Crippen molar-refractivity contribution < 1.29 is 9.50 Å². The quantitative estimate of drug-likeness (QED) is 0.857. The van der Waals surface area contributed by atoms with Crippen LogP contribution in [0.25, 0.3) is 0 Å². The first-order valence-corrected chi connectivity index (χ1v) is 6.80. The van der Waals surface area contributed by atoms with Gasteiger partial charge in [-0.15, -0.1) is 0 Å². The maximum Gasteiger partial charge on any atom is 0.131 e. The Morgan fingerprint density at radius 3 is 2.56 bits per heavy atom. The van der Waals surface area contributed by atoms with E-state index in [4.69, 9.17) is 0 Å². The number of aromatic hydroxyl groups is 1. The third-order valence-electron chi connectivity index (χ3n) is 3.95. The largest absolute Gasteiger partial charge is 0.508 e. The minimum atomic E-state index is -0.334. The fourth-order valence-corrected chi connectivity index (χ4v) is 2.74. The van der Waals surface area contributed by atoms with Gasteiger partial charge in [-0.3, -0.25) is 0 Å². The summed E-state index contributed by atoms with van der Waals surface area (Å²) in [5.74, 6) is 0.470. The highest BCUT2D eigenvalue weighted by molar-refractivity contribution is 5.29. The highest BCUT2D eigenvalue weighted by Crippen LogP contribution is 2.27. The van der Waals surface area contributed by atoms with E-state index in [0.717, 1.165) is 5.92 Å². The van der Waals surface area contributed by atoms with Crippen LogP contribution in [0.5, 0.6) is 5.75 Å². The molecule has 0 radical (unpaired) electrons. The van der Waals surface area contributed by atoms with Gasteiger partial charge in [0, 0.05) is 23.7 Å². The molecule has 0 aromatic heterocycles. The van der Waals surface area contributed by atoms with Gasteiger partial charge in [0.05, 0.1) is 0 Å². The van der Waals surface area contributed by atoms with Crippen molar-refractivity contribution in [3.63, 3.8) is 0 Å². The summed E-state index contributed by atoms with van der Waals surface area (Å²) < 4.78 is 13.7. The molecule has 2 N–H and O–H groups in total. The van der Waals surface area contributed by atoms with Crippen molar-refractivity contribution in [3.8, 4) is 5.75 Å². The Balaban J connectivity index is 1.97. The molecule has 0 heterocycles. The van der Waals surface area contributed by atoms with Crippen LogP contribution in [-0.2, 0) is 0 Å². The molecule has 1 saturated carbocycles. The van der Waals surface area contributed by atoms with Crippen molar-refractivity contribution in [2.75, 3.05) is 0 Å². The van der Waals surface area contributed by atoms with E-state index < -0.39 is 0 Å². The van der Waals surface area contributed by atoms with Crippen LogP contribution in [0.3, 0.4) is 0 Å². The van der Waals surface area contributed by atoms with E-state index in [0.29, 0.717) is 11.6 Å². The van der Waals surface area contributed by atoms with Crippen LogP contribution in [0.2, 0.25) is 0 Å².